The van der Waals surface area contributed by atoms with Crippen molar-refractivity contribution in [2.45, 2.75) is 43.7 Å². The Morgan fingerprint density at radius 3 is 2.44 bits per heavy atom. The van der Waals surface area contributed by atoms with Gasteiger partial charge >= 0.3 is 0 Å². The molecule has 1 fully saturated rings. The second kappa shape index (κ2) is 6.24. The van der Waals surface area contributed by atoms with Crippen LogP contribution in [-0.2, 0) is 9.47 Å². The van der Waals surface area contributed by atoms with E-state index < -0.39 is 43.4 Å². The summed E-state index contributed by atoms with van der Waals surface area (Å²) < 4.78 is 10.2. The fourth-order valence-corrected chi connectivity index (χ4v) is 1.57. The zero-order chi connectivity index (χ0) is 13.9. The predicted octanol–water partition coefficient (Wildman–Crippen LogP) is -1.73. The molecular weight excluding hydrogens is 242 g/mol. The van der Waals surface area contributed by atoms with Crippen molar-refractivity contribution in [3.63, 3.8) is 0 Å². The third kappa shape index (κ3) is 3.05. The van der Waals surface area contributed by atoms with Crippen LogP contribution < -0.4 is 0 Å². The van der Waals surface area contributed by atoms with E-state index in [0.29, 0.717) is 5.57 Å². The van der Waals surface area contributed by atoms with Crippen LogP contribution in [-0.4, -0.2) is 63.8 Å². The zero-order valence-corrected chi connectivity index (χ0v) is 9.93. The van der Waals surface area contributed by atoms with E-state index in [9.17, 15) is 15.3 Å². The van der Waals surface area contributed by atoms with Crippen LogP contribution in [0.4, 0.5) is 0 Å². The van der Waals surface area contributed by atoms with E-state index >= 15 is 0 Å². The molecule has 1 aliphatic heterocycles. The molecule has 0 unspecified atom stereocenters. The van der Waals surface area contributed by atoms with Gasteiger partial charge in [0.1, 0.15) is 24.4 Å². The fourth-order valence-electron chi connectivity index (χ4n) is 1.57. The molecule has 0 aromatic rings. The van der Waals surface area contributed by atoms with Gasteiger partial charge in [-0.15, -0.1) is 0 Å². The number of nitrogens with zero attached hydrogens (tertiary/aromatic N) is 1. The minimum absolute atomic E-state index is 0.412. The van der Waals surface area contributed by atoms with Gasteiger partial charge in [-0.05, 0) is 12.5 Å². The summed E-state index contributed by atoms with van der Waals surface area (Å²) in [4.78, 5) is 0. The maximum absolute atomic E-state index is 9.67. The number of aliphatic hydroxyl groups is 4. The first-order valence-electron chi connectivity index (χ1n) is 5.43. The number of hydrogen-bond acceptors (Lipinski definition) is 7. The Kier molecular flexibility index (Phi) is 5.22. The number of rotatable bonds is 4. The van der Waals surface area contributed by atoms with E-state index in [4.69, 9.17) is 19.8 Å². The van der Waals surface area contributed by atoms with Gasteiger partial charge in [0.2, 0.25) is 0 Å². The van der Waals surface area contributed by atoms with Gasteiger partial charge in [-0.2, -0.15) is 5.26 Å². The molecule has 102 valence electrons. The summed E-state index contributed by atoms with van der Waals surface area (Å²) in [7, 11) is 0. The van der Waals surface area contributed by atoms with Crippen molar-refractivity contribution in [1.82, 2.24) is 0 Å². The van der Waals surface area contributed by atoms with E-state index in [-0.39, 0.29) is 0 Å². The van der Waals surface area contributed by atoms with Crippen molar-refractivity contribution >= 4 is 0 Å². The van der Waals surface area contributed by atoms with E-state index in [0.717, 1.165) is 0 Å². The number of ether oxygens (including phenoxy) is 2. The molecule has 1 aliphatic rings. The summed E-state index contributed by atoms with van der Waals surface area (Å²) >= 11 is 0. The number of nitriles is 1. The summed E-state index contributed by atoms with van der Waals surface area (Å²) in [5.41, 5.74) is 0.412. The molecule has 0 saturated carbocycles. The lowest BCUT2D eigenvalue weighted by Crippen LogP contribution is -2.59. The van der Waals surface area contributed by atoms with Gasteiger partial charge in [-0.3, -0.25) is 0 Å². The van der Waals surface area contributed by atoms with Gasteiger partial charge < -0.3 is 29.9 Å². The maximum Gasteiger partial charge on any atom is 0.188 e. The third-order valence-corrected chi connectivity index (χ3v) is 2.68. The molecule has 0 amide bonds. The molecule has 7 heteroatoms. The van der Waals surface area contributed by atoms with Gasteiger partial charge in [0.05, 0.1) is 12.7 Å². The van der Waals surface area contributed by atoms with Gasteiger partial charge in [-0.1, -0.05) is 6.58 Å². The Hall–Kier alpha value is -1.01. The SMILES string of the molecule is C=C(C)[C@@H](C#N)O[C@@H]1O[C@H](CO)[C@H](O)[C@H](O)[C@H]1O. The molecule has 4 N–H and O–H groups in total. The van der Waals surface area contributed by atoms with Gasteiger partial charge in [0.25, 0.3) is 0 Å². The topological polar surface area (TPSA) is 123 Å². The Labute approximate surface area is 104 Å². The fraction of sp³-hybridized carbons (Fsp3) is 0.727. The van der Waals surface area contributed by atoms with Gasteiger partial charge in [0.15, 0.2) is 12.4 Å². The smallest absolute Gasteiger partial charge is 0.188 e. The molecule has 18 heavy (non-hydrogen) atoms. The average molecular weight is 259 g/mol. The summed E-state index contributed by atoms with van der Waals surface area (Å²) in [6.45, 7) is 4.56. The lowest BCUT2D eigenvalue weighted by molar-refractivity contribution is -0.304. The lowest BCUT2D eigenvalue weighted by atomic mass is 9.99. The van der Waals surface area contributed by atoms with Crippen molar-refractivity contribution < 1.29 is 29.9 Å². The molecule has 0 radical (unpaired) electrons. The molecule has 7 nitrogen and oxygen atoms in total. The third-order valence-electron chi connectivity index (χ3n) is 2.68. The van der Waals surface area contributed by atoms with Crippen LogP contribution in [0, 0.1) is 11.3 Å². The van der Waals surface area contributed by atoms with Crippen LogP contribution in [0.1, 0.15) is 6.92 Å². The molecule has 1 heterocycles. The van der Waals surface area contributed by atoms with Crippen LogP contribution in [0.2, 0.25) is 0 Å². The quantitative estimate of drug-likeness (QED) is 0.442. The highest BCUT2D eigenvalue weighted by atomic mass is 16.7. The highest BCUT2D eigenvalue weighted by molar-refractivity contribution is 5.10. The second-order valence-electron chi connectivity index (χ2n) is 4.19. The van der Waals surface area contributed by atoms with E-state index in [1.54, 1.807) is 6.92 Å². The lowest BCUT2D eigenvalue weighted by Gasteiger charge is -2.40. The van der Waals surface area contributed by atoms with Gasteiger partial charge in [0, 0.05) is 0 Å². The van der Waals surface area contributed by atoms with Crippen molar-refractivity contribution in [2.24, 2.45) is 0 Å². The van der Waals surface area contributed by atoms with Crippen LogP contribution in [0.5, 0.6) is 0 Å². The summed E-state index contributed by atoms with van der Waals surface area (Å²) in [6.07, 6.45) is -7.87. The highest BCUT2D eigenvalue weighted by Crippen LogP contribution is 2.23. The minimum atomic E-state index is -1.52. The molecule has 1 saturated heterocycles. The van der Waals surface area contributed by atoms with E-state index in [2.05, 4.69) is 6.58 Å². The van der Waals surface area contributed by atoms with E-state index in [1.807, 2.05) is 6.07 Å². The van der Waals surface area contributed by atoms with Crippen LogP contribution in [0.25, 0.3) is 0 Å². The monoisotopic (exact) mass is 259 g/mol. The van der Waals surface area contributed by atoms with Crippen LogP contribution in [0.3, 0.4) is 0 Å². The first-order valence-corrected chi connectivity index (χ1v) is 5.43. The summed E-state index contributed by atoms with van der Waals surface area (Å²) in [6, 6.07) is 1.81. The predicted molar refractivity (Wildman–Crippen MR) is 59.1 cm³/mol. The Morgan fingerprint density at radius 2 is 2.00 bits per heavy atom. The second-order valence-corrected chi connectivity index (χ2v) is 4.19. The summed E-state index contributed by atoms with van der Waals surface area (Å²) in [5.74, 6) is 0. The standard InChI is InChI=1S/C11H17NO6/c1-5(2)6(3-12)17-11-10(16)9(15)8(14)7(4-13)18-11/h6-11,13-16H,1,4H2,2H3/t6-,7-,8+,9+,10-,11-/m1/s1. The molecule has 6 atom stereocenters. The normalized spacial score (nSPS) is 37.9. The molecule has 0 aromatic heterocycles. The van der Waals surface area contributed by atoms with Crippen LogP contribution >= 0.6 is 0 Å². The van der Waals surface area contributed by atoms with Gasteiger partial charge in [-0.25, -0.2) is 0 Å². The molecule has 1 rings (SSSR count). The Morgan fingerprint density at radius 1 is 1.39 bits per heavy atom. The highest BCUT2D eigenvalue weighted by Gasteiger charge is 2.44. The first-order chi connectivity index (χ1) is 8.42. The zero-order valence-electron chi connectivity index (χ0n) is 9.93. The molecule has 0 aromatic carbocycles. The molecule has 0 aliphatic carbocycles. The molecular formula is C11H17NO6. The van der Waals surface area contributed by atoms with E-state index in [1.165, 1.54) is 0 Å². The average Bonchev–Trinajstić information content (AvgIpc) is 2.35. The Balaban J connectivity index is 2.76. The van der Waals surface area contributed by atoms with Crippen molar-refractivity contribution in [1.29, 1.82) is 5.26 Å². The molecule has 0 spiro atoms. The maximum atomic E-state index is 9.67. The van der Waals surface area contributed by atoms with Crippen molar-refractivity contribution in [3.8, 4) is 6.07 Å². The Bertz CT molecular complexity index is 339. The number of aliphatic hydroxyl groups excluding tert-OH is 4. The number of hydrogen-bond donors (Lipinski definition) is 4. The largest absolute Gasteiger partial charge is 0.394 e. The summed E-state index contributed by atoms with van der Waals surface area (Å²) in [5, 5.41) is 46.5. The first kappa shape index (κ1) is 15.0. The minimum Gasteiger partial charge on any atom is -0.394 e. The van der Waals surface area contributed by atoms with Crippen molar-refractivity contribution in [3.05, 3.63) is 12.2 Å². The molecule has 0 bridgehead atoms. The van der Waals surface area contributed by atoms with Crippen LogP contribution in [0.15, 0.2) is 12.2 Å². The van der Waals surface area contributed by atoms with Crippen molar-refractivity contribution in [2.75, 3.05) is 6.61 Å².